The molecular formula is C12H17N3O. The first-order chi connectivity index (χ1) is 7.79. The van der Waals surface area contributed by atoms with Crippen molar-refractivity contribution < 1.29 is 4.79 Å². The van der Waals surface area contributed by atoms with Crippen molar-refractivity contribution in [3.05, 3.63) is 23.9 Å². The third-order valence-corrected chi connectivity index (χ3v) is 2.88. The third kappa shape index (κ3) is 2.51. The normalized spacial score (nSPS) is 16.3. The highest BCUT2D eigenvalue weighted by Gasteiger charge is 2.17. The smallest absolute Gasteiger partial charge is 0.222 e. The Balaban J connectivity index is 1.99. The van der Waals surface area contributed by atoms with Gasteiger partial charge in [-0.1, -0.05) is 6.07 Å². The van der Waals surface area contributed by atoms with E-state index >= 15 is 0 Å². The number of amides is 1. The molecule has 0 radical (unpaired) electrons. The predicted octanol–water partition coefficient (Wildman–Crippen LogP) is 1.64. The monoisotopic (exact) mass is 219 g/mol. The molecule has 0 atom stereocenters. The second kappa shape index (κ2) is 4.96. The Morgan fingerprint density at radius 3 is 2.94 bits per heavy atom. The summed E-state index contributed by atoms with van der Waals surface area (Å²) in [6, 6.07) is 3.95. The van der Waals surface area contributed by atoms with E-state index in [4.69, 9.17) is 0 Å². The van der Waals surface area contributed by atoms with Crippen molar-refractivity contribution in [1.29, 1.82) is 0 Å². The standard InChI is InChI=1S/C12H17N3O/c1-13-11-6-5-10(8-14-11)9-15-7-3-2-4-12(15)16/h5-6,8H,2-4,7,9H2,1H3,(H,13,14). The van der Waals surface area contributed by atoms with E-state index in [0.29, 0.717) is 13.0 Å². The van der Waals surface area contributed by atoms with Gasteiger partial charge in [0, 0.05) is 32.8 Å². The Kier molecular flexibility index (Phi) is 3.39. The van der Waals surface area contributed by atoms with Crippen LogP contribution in [0.4, 0.5) is 5.82 Å². The highest BCUT2D eigenvalue weighted by molar-refractivity contribution is 5.76. The summed E-state index contributed by atoms with van der Waals surface area (Å²) in [7, 11) is 1.84. The average Bonchev–Trinajstić information content (AvgIpc) is 2.33. The highest BCUT2D eigenvalue weighted by Crippen LogP contribution is 2.14. The van der Waals surface area contributed by atoms with E-state index in [0.717, 1.165) is 30.8 Å². The van der Waals surface area contributed by atoms with Crippen LogP contribution in [0, 0.1) is 0 Å². The van der Waals surface area contributed by atoms with Crippen molar-refractivity contribution in [3.8, 4) is 0 Å². The van der Waals surface area contributed by atoms with Crippen LogP contribution in [0.15, 0.2) is 18.3 Å². The number of pyridine rings is 1. The fourth-order valence-corrected chi connectivity index (χ4v) is 1.92. The van der Waals surface area contributed by atoms with Crippen LogP contribution in [0.1, 0.15) is 24.8 Å². The second-order valence-corrected chi connectivity index (χ2v) is 4.07. The third-order valence-electron chi connectivity index (χ3n) is 2.88. The molecule has 1 aromatic heterocycles. The Bertz CT molecular complexity index is 361. The predicted molar refractivity (Wildman–Crippen MR) is 63.1 cm³/mol. The van der Waals surface area contributed by atoms with Crippen molar-refractivity contribution in [2.75, 3.05) is 18.9 Å². The minimum atomic E-state index is 0.268. The van der Waals surface area contributed by atoms with Crippen molar-refractivity contribution in [2.24, 2.45) is 0 Å². The van der Waals surface area contributed by atoms with Gasteiger partial charge in [-0.3, -0.25) is 4.79 Å². The summed E-state index contributed by atoms with van der Waals surface area (Å²) in [6.45, 7) is 1.57. The first-order valence-electron chi connectivity index (χ1n) is 5.70. The van der Waals surface area contributed by atoms with Crippen LogP contribution in [0.2, 0.25) is 0 Å². The van der Waals surface area contributed by atoms with Crippen LogP contribution in [-0.2, 0) is 11.3 Å². The van der Waals surface area contributed by atoms with E-state index in [1.807, 2.05) is 30.3 Å². The van der Waals surface area contributed by atoms with E-state index in [2.05, 4.69) is 10.3 Å². The lowest BCUT2D eigenvalue weighted by Gasteiger charge is -2.26. The zero-order valence-electron chi connectivity index (χ0n) is 9.57. The topological polar surface area (TPSA) is 45.2 Å². The molecule has 0 aliphatic carbocycles. The summed E-state index contributed by atoms with van der Waals surface area (Å²) in [5, 5.41) is 2.97. The molecule has 1 amide bonds. The Labute approximate surface area is 95.7 Å². The molecule has 1 aromatic rings. The van der Waals surface area contributed by atoms with Gasteiger partial charge in [-0.25, -0.2) is 4.98 Å². The number of nitrogens with zero attached hydrogens (tertiary/aromatic N) is 2. The molecule has 0 aromatic carbocycles. The first kappa shape index (κ1) is 10.9. The van der Waals surface area contributed by atoms with Gasteiger partial charge < -0.3 is 10.2 Å². The van der Waals surface area contributed by atoms with Gasteiger partial charge in [-0.2, -0.15) is 0 Å². The number of aromatic nitrogens is 1. The van der Waals surface area contributed by atoms with Crippen LogP contribution in [0.25, 0.3) is 0 Å². The molecule has 1 aliphatic heterocycles. The van der Waals surface area contributed by atoms with E-state index in [9.17, 15) is 4.79 Å². The van der Waals surface area contributed by atoms with Crippen molar-refractivity contribution in [2.45, 2.75) is 25.8 Å². The van der Waals surface area contributed by atoms with Gasteiger partial charge in [0.1, 0.15) is 5.82 Å². The molecule has 0 bridgehead atoms. The maximum absolute atomic E-state index is 11.6. The van der Waals surface area contributed by atoms with Gasteiger partial charge in [0.2, 0.25) is 5.91 Å². The lowest BCUT2D eigenvalue weighted by molar-refractivity contribution is -0.133. The van der Waals surface area contributed by atoms with Crippen LogP contribution in [0.5, 0.6) is 0 Å². The number of carbonyl (C=O) groups excluding carboxylic acids is 1. The largest absolute Gasteiger partial charge is 0.373 e. The SMILES string of the molecule is CNc1ccc(CN2CCCCC2=O)cn1. The van der Waals surface area contributed by atoms with Gasteiger partial charge >= 0.3 is 0 Å². The number of nitrogens with one attached hydrogen (secondary N) is 1. The summed E-state index contributed by atoms with van der Waals surface area (Å²) >= 11 is 0. The summed E-state index contributed by atoms with van der Waals surface area (Å²) in [5.74, 6) is 1.12. The molecule has 0 spiro atoms. The molecule has 2 rings (SSSR count). The van der Waals surface area contributed by atoms with Gasteiger partial charge in [0.15, 0.2) is 0 Å². The zero-order valence-corrected chi connectivity index (χ0v) is 9.57. The number of anilines is 1. The number of carbonyl (C=O) groups is 1. The lowest BCUT2D eigenvalue weighted by Crippen LogP contribution is -2.34. The molecule has 0 saturated carbocycles. The second-order valence-electron chi connectivity index (χ2n) is 4.07. The number of piperidine rings is 1. The molecule has 1 saturated heterocycles. The van der Waals surface area contributed by atoms with Crippen molar-refractivity contribution >= 4 is 11.7 Å². The fourth-order valence-electron chi connectivity index (χ4n) is 1.92. The van der Waals surface area contributed by atoms with E-state index in [-0.39, 0.29) is 5.91 Å². The molecule has 0 unspecified atom stereocenters. The first-order valence-corrected chi connectivity index (χ1v) is 5.70. The molecule has 4 nitrogen and oxygen atoms in total. The minimum absolute atomic E-state index is 0.268. The maximum Gasteiger partial charge on any atom is 0.222 e. The van der Waals surface area contributed by atoms with Crippen molar-refractivity contribution in [3.63, 3.8) is 0 Å². The highest BCUT2D eigenvalue weighted by atomic mass is 16.2. The summed E-state index contributed by atoms with van der Waals surface area (Å²) in [4.78, 5) is 17.8. The minimum Gasteiger partial charge on any atom is -0.373 e. The van der Waals surface area contributed by atoms with Gasteiger partial charge in [0.05, 0.1) is 0 Å². The maximum atomic E-state index is 11.6. The van der Waals surface area contributed by atoms with Crippen molar-refractivity contribution in [1.82, 2.24) is 9.88 Å². The average molecular weight is 219 g/mol. The molecule has 86 valence electrons. The Morgan fingerprint density at radius 1 is 1.44 bits per heavy atom. The number of rotatable bonds is 3. The summed E-state index contributed by atoms with van der Waals surface area (Å²) in [6.07, 6.45) is 4.68. The lowest BCUT2D eigenvalue weighted by atomic mass is 10.1. The fraction of sp³-hybridized carbons (Fsp3) is 0.500. The zero-order chi connectivity index (χ0) is 11.4. The number of likely N-dealkylation sites (tertiary alicyclic amines) is 1. The van der Waals surface area contributed by atoms with Crippen LogP contribution in [0.3, 0.4) is 0 Å². The molecular weight excluding hydrogens is 202 g/mol. The van der Waals surface area contributed by atoms with Gasteiger partial charge in [-0.15, -0.1) is 0 Å². The summed E-state index contributed by atoms with van der Waals surface area (Å²) < 4.78 is 0. The van der Waals surface area contributed by atoms with Crippen LogP contribution in [-0.4, -0.2) is 29.4 Å². The molecule has 1 aliphatic rings. The quantitative estimate of drug-likeness (QED) is 0.840. The van der Waals surface area contributed by atoms with Gasteiger partial charge in [0.25, 0.3) is 0 Å². The number of hydrogen-bond donors (Lipinski definition) is 1. The van der Waals surface area contributed by atoms with E-state index in [1.54, 1.807) is 0 Å². The molecule has 4 heteroatoms. The molecule has 1 fully saturated rings. The van der Waals surface area contributed by atoms with Crippen LogP contribution < -0.4 is 5.32 Å². The van der Waals surface area contributed by atoms with Gasteiger partial charge in [-0.05, 0) is 24.5 Å². The Hall–Kier alpha value is -1.58. The van der Waals surface area contributed by atoms with E-state index < -0.39 is 0 Å². The molecule has 2 heterocycles. The summed E-state index contributed by atoms with van der Waals surface area (Å²) in [5.41, 5.74) is 1.09. The molecule has 16 heavy (non-hydrogen) atoms. The number of hydrogen-bond acceptors (Lipinski definition) is 3. The molecule has 1 N–H and O–H groups in total. The van der Waals surface area contributed by atoms with E-state index in [1.165, 1.54) is 0 Å². The van der Waals surface area contributed by atoms with Crippen LogP contribution >= 0.6 is 0 Å². The Morgan fingerprint density at radius 2 is 2.31 bits per heavy atom.